The van der Waals surface area contributed by atoms with Crippen molar-refractivity contribution in [3.63, 3.8) is 0 Å². The predicted octanol–water partition coefficient (Wildman–Crippen LogP) is 1.38. The third-order valence-electron chi connectivity index (χ3n) is 6.78. The Kier molecular flexibility index (Phi) is 2.97. The molecule has 0 aromatic rings. The maximum atomic E-state index is 13.3. The number of carbonyl (C=O) groups is 1. The van der Waals surface area contributed by atoms with Gasteiger partial charge in [-0.25, -0.2) is 0 Å². The van der Waals surface area contributed by atoms with Crippen LogP contribution in [0.2, 0.25) is 0 Å². The van der Waals surface area contributed by atoms with Crippen molar-refractivity contribution in [2.45, 2.75) is 57.6 Å². The van der Waals surface area contributed by atoms with Crippen molar-refractivity contribution < 1.29 is 9.90 Å². The van der Waals surface area contributed by atoms with Gasteiger partial charge in [-0.15, -0.1) is 0 Å². The molecule has 2 N–H and O–H groups in total. The molecule has 4 heteroatoms. The Morgan fingerprint density at radius 3 is 2.38 bits per heavy atom. The van der Waals surface area contributed by atoms with Crippen molar-refractivity contribution >= 4 is 5.91 Å². The summed E-state index contributed by atoms with van der Waals surface area (Å²) in [5.41, 5.74) is 0.281. The van der Waals surface area contributed by atoms with Crippen molar-refractivity contribution in [1.82, 2.24) is 10.2 Å². The largest absolute Gasteiger partial charge is 0.390 e. The Hall–Kier alpha value is -0.610. The molecule has 4 atom stereocenters. The monoisotopic (exact) mass is 292 g/mol. The molecule has 5 aliphatic rings. The third-order valence-corrected chi connectivity index (χ3v) is 6.78. The van der Waals surface area contributed by atoms with E-state index in [4.69, 9.17) is 0 Å². The molecular weight excluding hydrogens is 264 g/mol. The van der Waals surface area contributed by atoms with Gasteiger partial charge < -0.3 is 15.3 Å². The smallest absolute Gasteiger partial charge is 0.228 e. The van der Waals surface area contributed by atoms with E-state index in [1.807, 2.05) is 11.9 Å². The molecule has 0 aromatic carbocycles. The minimum atomic E-state index is -0.413. The van der Waals surface area contributed by atoms with Crippen LogP contribution in [-0.2, 0) is 4.79 Å². The van der Waals surface area contributed by atoms with E-state index in [2.05, 4.69) is 12.2 Å². The van der Waals surface area contributed by atoms with Crippen molar-refractivity contribution in [2.24, 2.45) is 22.7 Å². The van der Waals surface area contributed by atoms with Gasteiger partial charge in [0.05, 0.1) is 17.6 Å². The number of hydrogen-bond donors (Lipinski definition) is 2. The molecule has 0 spiro atoms. The van der Waals surface area contributed by atoms with Crippen molar-refractivity contribution in [3.8, 4) is 0 Å². The van der Waals surface area contributed by atoms with E-state index in [9.17, 15) is 9.90 Å². The van der Waals surface area contributed by atoms with E-state index in [-0.39, 0.29) is 11.5 Å². The molecule has 5 rings (SSSR count). The van der Waals surface area contributed by atoms with Crippen LogP contribution in [0.3, 0.4) is 0 Å². The number of hydrogen-bond acceptors (Lipinski definition) is 3. The summed E-state index contributed by atoms with van der Waals surface area (Å²) in [7, 11) is 1.91. The van der Waals surface area contributed by atoms with Crippen molar-refractivity contribution in [1.29, 1.82) is 0 Å². The molecule has 1 saturated heterocycles. The first kappa shape index (κ1) is 14.0. The normalized spacial score (nSPS) is 51.4. The molecule has 0 aromatic heterocycles. The highest BCUT2D eigenvalue weighted by molar-refractivity contribution is 5.83. The fourth-order valence-electron chi connectivity index (χ4n) is 6.54. The lowest BCUT2D eigenvalue weighted by Crippen LogP contribution is -2.59. The molecule has 4 aliphatic carbocycles. The quantitative estimate of drug-likeness (QED) is 0.808. The summed E-state index contributed by atoms with van der Waals surface area (Å²) in [6, 6.07) is -0.0432. The highest BCUT2D eigenvalue weighted by Crippen LogP contribution is 2.65. The van der Waals surface area contributed by atoms with Crippen LogP contribution in [0.25, 0.3) is 0 Å². The molecule has 4 saturated carbocycles. The van der Waals surface area contributed by atoms with Gasteiger partial charge in [0.25, 0.3) is 0 Å². The topological polar surface area (TPSA) is 52.6 Å². The fraction of sp³-hybridized carbons (Fsp3) is 0.941. The maximum Gasteiger partial charge on any atom is 0.228 e. The van der Waals surface area contributed by atoms with Gasteiger partial charge in [0.2, 0.25) is 5.91 Å². The van der Waals surface area contributed by atoms with Crippen molar-refractivity contribution in [2.75, 3.05) is 20.1 Å². The average Bonchev–Trinajstić information content (AvgIpc) is 2.80. The Morgan fingerprint density at radius 1 is 1.19 bits per heavy atom. The van der Waals surface area contributed by atoms with Crippen LogP contribution < -0.4 is 5.32 Å². The number of nitrogens with zero attached hydrogens (tertiary/aromatic N) is 1. The van der Waals surface area contributed by atoms with E-state index >= 15 is 0 Å². The van der Waals surface area contributed by atoms with Gasteiger partial charge in [0, 0.05) is 20.1 Å². The molecule has 4 nitrogen and oxygen atoms in total. The van der Waals surface area contributed by atoms with E-state index < -0.39 is 6.10 Å². The Labute approximate surface area is 127 Å². The first-order chi connectivity index (χ1) is 9.91. The summed E-state index contributed by atoms with van der Waals surface area (Å²) in [5, 5.41) is 13.3. The van der Waals surface area contributed by atoms with Gasteiger partial charge in [0.15, 0.2) is 0 Å². The zero-order chi connectivity index (χ0) is 14.8. The van der Waals surface area contributed by atoms with Crippen LogP contribution in [0, 0.1) is 22.7 Å². The van der Waals surface area contributed by atoms with Crippen LogP contribution >= 0.6 is 0 Å². The van der Waals surface area contributed by atoms with Crippen LogP contribution in [0.4, 0.5) is 0 Å². The maximum absolute atomic E-state index is 13.3. The minimum Gasteiger partial charge on any atom is -0.390 e. The summed E-state index contributed by atoms with van der Waals surface area (Å²) >= 11 is 0. The number of nitrogens with one attached hydrogen (secondary N) is 1. The molecule has 1 amide bonds. The fourth-order valence-corrected chi connectivity index (χ4v) is 6.54. The molecule has 118 valence electrons. The first-order valence-corrected chi connectivity index (χ1v) is 8.57. The van der Waals surface area contributed by atoms with E-state index in [1.54, 1.807) is 0 Å². The second-order valence-corrected chi connectivity index (χ2v) is 8.76. The molecule has 21 heavy (non-hydrogen) atoms. The number of carbonyl (C=O) groups excluding carboxylic acids is 1. The van der Waals surface area contributed by atoms with Gasteiger partial charge in [-0.05, 0) is 55.8 Å². The molecule has 0 radical (unpaired) electrons. The van der Waals surface area contributed by atoms with E-state index in [0.29, 0.717) is 17.9 Å². The van der Waals surface area contributed by atoms with Crippen LogP contribution in [0.5, 0.6) is 0 Å². The summed E-state index contributed by atoms with van der Waals surface area (Å²) < 4.78 is 0. The Balaban J connectivity index is 1.59. The summed E-state index contributed by atoms with van der Waals surface area (Å²) in [4.78, 5) is 15.1. The second-order valence-electron chi connectivity index (χ2n) is 8.76. The minimum absolute atomic E-state index is 0.0432. The highest BCUT2D eigenvalue weighted by Gasteiger charge is 2.59. The summed E-state index contributed by atoms with van der Waals surface area (Å²) in [6.45, 7) is 3.74. The van der Waals surface area contributed by atoms with Gasteiger partial charge in [-0.3, -0.25) is 4.79 Å². The summed E-state index contributed by atoms with van der Waals surface area (Å²) in [6.07, 6.45) is 6.86. The molecule has 2 unspecified atom stereocenters. The lowest BCUT2D eigenvalue weighted by Gasteiger charge is -2.61. The molecular formula is C17H28N2O2. The van der Waals surface area contributed by atoms with Crippen LogP contribution in [0.15, 0.2) is 0 Å². The third kappa shape index (κ3) is 2.06. The van der Waals surface area contributed by atoms with E-state index in [0.717, 1.165) is 37.6 Å². The Morgan fingerprint density at radius 2 is 1.86 bits per heavy atom. The molecule has 1 aliphatic heterocycles. The van der Waals surface area contributed by atoms with Crippen molar-refractivity contribution in [3.05, 3.63) is 0 Å². The molecule has 1 heterocycles. The zero-order valence-corrected chi connectivity index (χ0v) is 13.3. The van der Waals surface area contributed by atoms with Gasteiger partial charge in [0.1, 0.15) is 0 Å². The summed E-state index contributed by atoms with van der Waals surface area (Å²) in [5.74, 6) is 1.84. The zero-order valence-electron chi connectivity index (χ0n) is 13.3. The SMILES string of the molecule is CN(C(=O)C12CC3CC(CC(C)(C3)C1)C2)[C@@H]1CNC[C@H]1O. The number of rotatable bonds is 2. The predicted molar refractivity (Wildman–Crippen MR) is 80.7 cm³/mol. The van der Waals surface area contributed by atoms with Crippen LogP contribution in [0.1, 0.15) is 45.4 Å². The number of likely N-dealkylation sites (N-methyl/N-ethyl adjacent to an activating group) is 1. The average molecular weight is 292 g/mol. The standard InChI is InChI=1S/C17H28N2O2/c1-16-4-11-3-12(5-16)7-17(6-11,10-16)15(21)19(2)13-8-18-9-14(13)20/h11-14,18,20H,3-10H2,1-2H3/t11?,12?,13-,14-,16?,17?/m1/s1. The van der Waals surface area contributed by atoms with E-state index in [1.165, 1.54) is 19.3 Å². The number of aliphatic hydroxyl groups is 1. The van der Waals surface area contributed by atoms with Gasteiger partial charge >= 0.3 is 0 Å². The molecule has 5 fully saturated rings. The number of amides is 1. The van der Waals surface area contributed by atoms with Gasteiger partial charge in [-0.1, -0.05) is 6.92 Å². The molecule has 4 bridgehead atoms. The highest BCUT2D eigenvalue weighted by atomic mass is 16.3. The lowest BCUT2D eigenvalue weighted by molar-refractivity contribution is -0.167. The van der Waals surface area contributed by atoms with Crippen LogP contribution in [-0.4, -0.2) is 48.2 Å². The number of β-amino-alcohol motifs (C(OH)–C–C–N with tert-alkyl or cyclic N) is 1. The second kappa shape index (κ2) is 4.45. The van der Waals surface area contributed by atoms with Gasteiger partial charge in [-0.2, -0.15) is 0 Å². The first-order valence-electron chi connectivity index (χ1n) is 8.57. The Bertz CT molecular complexity index is 450. The lowest BCUT2D eigenvalue weighted by atomic mass is 9.44. The number of aliphatic hydroxyl groups excluding tert-OH is 1.